The van der Waals surface area contributed by atoms with E-state index in [4.69, 9.17) is 4.42 Å². The molecule has 0 spiro atoms. The van der Waals surface area contributed by atoms with Crippen molar-refractivity contribution in [1.29, 1.82) is 0 Å². The Hall–Kier alpha value is -0.770. The lowest BCUT2D eigenvalue weighted by atomic mass is 10.1. The molecule has 1 amide bonds. The van der Waals surface area contributed by atoms with E-state index in [0.29, 0.717) is 22.9 Å². The molecule has 1 unspecified atom stereocenters. The van der Waals surface area contributed by atoms with Crippen LogP contribution in [0.25, 0.3) is 0 Å². The number of halogens is 1. The molecule has 0 aliphatic rings. The van der Waals surface area contributed by atoms with Gasteiger partial charge in [0, 0.05) is 17.8 Å². The van der Waals surface area contributed by atoms with Crippen molar-refractivity contribution in [2.24, 2.45) is 5.92 Å². The van der Waals surface area contributed by atoms with Crippen LogP contribution in [0.5, 0.6) is 0 Å². The summed E-state index contributed by atoms with van der Waals surface area (Å²) in [6.45, 7) is 6.82. The first-order valence-corrected chi connectivity index (χ1v) is 6.46. The van der Waals surface area contributed by atoms with Gasteiger partial charge < -0.3 is 9.73 Å². The summed E-state index contributed by atoms with van der Waals surface area (Å²) < 4.78 is 5.22. The summed E-state index contributed by atoms with van der Waals surface area (Å²) in [5, 5.41) is 2.90. The summed E-state index contributed by atoms with van der Waals surface area (Å²) >= 11 is 3.53. The van der Waals surface area contributed by atoms with Gasteiger partial charge in [-0.2, -0.15) is 0 Å². The van der Waals surface area contributed by atoms with Gasteiger partial charge in [-0.3, -0.25) is 4.79 Å². The molecule has 1 atom stereocenters. The first-order chi connectivity index (χ1) is 7.56. The van der Waals surface area contributed by atoms with Gasteiger partial charge in [0.25, 0.3) is 5.91 Å². The van der Waals surface area contributed by atoms with Crippen molar-refractivity contribution in [2.45, 2.75) is 32.0 Å². The normalized spacial score (nSPS) is 12.8. The number of hydrogen-bond acceptors (Lipinski definition) is 2. The van der Waals surface area contributed by atoms with Crippen molar-refractivity contribution in [2.75, 3.05) is 6.54 Å². The summed E-state index contributed by atoms with van der Waals surface area (Å²) in [5.41, 5.74) is 0.644. The molecule has 1 rings (SSSR count). The molecule has 16 heavy (non-hydrogen) atoms. The van der Waals surface area contributed by atoms with Crippen molar-refractivity contribution < 1.29 is 9.21 Å². The van der Waals surface area contributed by atoms with E-state index < -0.39 is 0 Å². The van der Waals surface area contributed by atoms with Gasteiger partial charge in [0.05, 0.1) is 11.8 Å². The Bertz CT molecular complexity index is 347. The standard InChI is InChI=1S/C12H18BrNO2/c1-4-11-9(5-6-16-11)12(15)14-7-10(13)8(2)3/h5-6,8,10H,4,7H2,1-3H3,(H,14,15). The largest absolute Gasteiger partial charge is 0.469 e. The number of amides is 1. The summed E-state index contributed by atoms with van der Waals surface area (Å²) in [6.07, 6.45) is 2.29. The van der Waals surface area contributed by atoms with Gasteiger partial charge in [-0.15, -0.1) is 0 Å². The highest BCUT2D eigenvalue weighted by atomic mass is 79.9. The minimum atomic E-state index is -0.0595. The van der Waals surface area contributed by atoms with Crippen molar-refractivity contribution in [1.82, 2.24) is 5.32 Å². The smallest absolute Gasteiger partial charge is 0.254 e. The fourth-order valence-electron chi connectivity index (χ4n) is 1.34. The first-order valence-electron chi connectivity index (χ1n) is 5.54. The van der Waals surface area contributed by atoms with E-state index in [2.05, 4.69) is 35.1 Å². The maximum atomic E-state index is 11.8. The SMILES string of the molecule is CCc1occc1C(=O)NCC(Br)C(C)C. The Labute approximate surface area is 105 Å². The molecule has 0 radical (unpaired) electrons. The average Bonchev–Trinajstić information content (AvgIpc) is 2.73. The van der Waals surface area contributed by atoms with Crippen molar-refractivity contribution >= 4 is 21.8 Å². The number of hydrogen-bond donors (Lipinski definition) is 1. The van der Waals surface area contributed by atoms with Gasteiger partial charge in [-0.05, 0) is 12.0 Å². The van der Waals surface area contributed by atoms with Crippen molar-refractivity contribution in [3.8, 4) is 0 Å². The van der Waals surface area contributed by atoms with Crippen LogP contribution in [0.4, 0.5) is 0 Å². The topological polar surface area (TPSA) is 42.2 Å². The Balaban J connectivity index is 2.53. The zero-order valence-corrected chi connectivity index (χ0v) is 11.5. The lowest BCUT2D eigenvalue weighted by Gasteiger charge is -2.14. The van der Waals surface area contributed by atoms with E-state index in [1.165, 1.54) is 0 Å². The molecule has 1 aromatic heterocycles. The van der Waals surface area contributed by atoms with E-state index in [0.717, 1.165) is 12.2 Å². The Morgan fingerprint density at radius 1 is 1.56 bits per heavy atom. The minimum absolute atomic E-state index is 0.0595. The van der Waals surface area contributed by atoms with Crippen LogP contribution in [0.2, 0.25) is 0 Å². The quantitative estimate of drug-likeness (QED) is 0.846. The van der Waals surface area contributed by atoms with Gasteiger partial charge in [-0.1, -0.05) is 36.7 Å². The number of aryl methyl sites for hydroxylation is 1. The fourth-order valence-corrected chi connectivity index (χ4v) is 1.50. The number of nitrogens with one attached hydrogen (secondary N) is 1. The maximum Gasteiger partial charge on any atom is 0.254 e. The second-order valence-electron chi connectivity index (χ2n) is 4.08. The number of carbonyl (C=O) groups is 1. The molecule has 1 N–H and O–H groups in total. The first kappa shape index (κ1) is 13.3. The highest BCUT2D eigenvalue weighted by molar-refractivity contribution is 9.09. The van der Waals surface area contributed by atoms with E-state index in [9.17, 15) is 4.79 Å². The van der Waals surface area contributed by atoms with Gasteiger partial charge in [0.2, 0.25) is 0 Å². The molecule has 90 valence electrons. The second-order valence-corrected chi connectivity index (χ2v) is 5.26. The fraction of sp³-hybridized carbons (Fsp3) is 0.583. The van der Waals surface area contributed by atoms with Crippen LogP contribution in [0.15, 0.2) is 16.7 Å². The predicted octanol–water partition coefficient (Wildman–Crippen LogP) is 2.99. The Morgan fingerprint density at radius 2 is 2.25 bits per heavy atom. The molecule has 3 nitrogen and oxygen atoms in total. The summed E-state index contributed by atoms with van der Waals surface area (Å²) in [4.78, 5) is 12.1. The Morgan fingerprint density at radius 3 is 2.81 bits per heavy atom. The van der Waals surface area contributed by atoms with Crippen molar-refractivity contribution in [3.63, 3.8) is 0 Å². The molecule has 0 fully saturated rings. The van der Waals surface area contributed by atoms with Gasteiger partial charge in [0.1, 0.15) is 5.76 Å². The highest BCUT2D eigenvalue weighted by Gasteiger charge is 2.15. The Kier molecular flexibility index (Phi) is 5.06. The lowest BCUT2D eigenvalue weighted by Crippen LogP contribution is -2.31. The highest BCUT2D eigenvalue weighted by Crippen LogP contribution is 2.13. The molecule has 1 aromatic rings. The molecule has 0 aliphatic heterocycles. The van der Waals surface area contributed by atoms with E-state index in [1.807, 2.05) is 6.92 Å². The van der Waals surface area contributed by atoms with Gasteiger partial charge in [-0.25, -0.2) is 0 Å². The monoisotopic (exact) mass is 287 g/mol. The molecule has 0 saturated carbocycles. The van der Waals surface area contributed by atoms with Gasteiger partial charge in [0.15, 0.2) is 0 Å². The van der Waals surface area contributed by atoms with Crippen LogP contribution < -0.4 is 5.32 Å². The third-order valence-electron chi connectivity index (χ3n) is 2.49. The van der Waals surface area contributed by atoms with Crippen LogP contribution >= 0.6 is 15.9 Å². The number of alkyl halides is 1. The van der Waals surface area contributed by atoms with Gasteiger partial charge >= 0.3 is 0 Å². The third kappa shape index (κ3) is 3.37. The van der Waals surface area contributed by atoms with E-state index >= 15 is 0 Å². The van der Waals surface area contributed by atoms with E-state index in [1.54, 1.807) is 12.3 Å². The minimum Gasteiger partial charge on any atom is -0.469 e. The van der Waals surface area contributed by atoms with Crippen LogP contribution in [0.1, 0.15) is 36.9 Å². The van der Waals surface area contributed by atoms with Crippen LogP contribution in [0, 0.1) is 5.92 Å². The van der Waals surface area contributed by atoms with Crippen LogP contribution in [0.3, 0.4) is 0 Å². The molecule has 0 aliphatic carbocycles. The molecule has 4 heteroatoms. The molecular formula is C12H18BrNO2. The summed E-state index contributed by atoms with van der Waals surface area (Å²) in [5.74, 6) is 1.18. The maximum absolute atomic E-state index is 11.8. The average molecular weight is 288 g/mol. The van der Waals surface area contributed by atoms with Crippen LogP contribution in [-0.2, 0) is 6.42 Å². The zero-order chi connectivity index (χ0) is 12.1. The second kappa shape index (κ2) is 6.09. The van der Waals surface area contributed by atoms with E-state index in [-0.39, 0.29) is 5.91 Å². The summed E-state index contributed by atoms with van der Waals surface area (Å²) in [6, 6.07) is 1.72. The molecule has 0 bridgehead atoms. The molecule has 0 aromatic carbocycles. The molecule has 1 heterocycles. The summed E-state index contributed by atoms with van der Waals surface area (Å²) in [7, 11) is 0. The zero-order valence-electron chi connectivity index (χ0n) is 9.92. The number of rotatable bonds is 5. The number of carbonyl (C=O) groups excluding carboxylic acids is 1. The van der Waals surface area contributed by atoms with Crippen molar-refractivity contribution in [3.05, 3.63) is 23.7 Å². The lowest BCUT2D eigenvalue weighted by molar-refractivity contribution is 0.0951. The molecule has 0 saturated heterocycles. The third-order valence-corrected chi connectivity index (χ3v) is 3.87. The number of furan rings is 1. The molecular weight excluding hydrogens is 270 g/mol. The van der Waals surface area contributed by atoms with Crippen LogP contribution in [-0.4, -0.2) is 17.3 Å². The predicted molar refractivity (Wildman–Crippen MR) is 68.0 cm³/mol.